The van der Waals surface area contributed by atoms with E-state index in [-0.39, 0.29) is 43.5 Å². The first-order valence-corrected chi connectivity index (χ1v) is 13.2. The van der Waals surface area contributed by atoms with Gasteiger partial charge in [-0.1, -0.05) is 6.07 Å². The Morgan fingerprint density at radius 2 is 1.65 bits per heavy atom. The summed E-state index contributed by atoms with van der Waals surface area (Å²) < 4.78 is 86.6. The van der Waals surface area contributed by atoms with E-state index in [0.29, 0.717) is 25.6 Å². The minimum atomic E-state index is -4.82. The monoisotopic (exact) mass is 628 g/mol. The number of pyridine rings is 2. The molecule has 0 aliphatic carbocycles. The molecule has 2 fully saturated rings. The molecular formula is C29H27ClF6N4O3. The topological polar surface area (TPSA) is 75.6 Å². The van der Waals surface area contributed by atoms with Crippen LogP contribution in [0.5, 0.6) is 5.75 Å². The van der Waals surface area contributed by atoms with Crippen molar-refractivity contribution in [2.75, 3.05) is 26.2 Å². The lowest BCUT2D eigenvalue weighted by atomic mass is 9.90. The van der Waals surface area contributed by atoms with Crippen LogP contribution in [0.4, 0.5) is 26.3 Å². The van der Waals surface area contributed by atoms with Crippen LogP contribution >= 0.6 is 12.4 Å². The molecule has 2 atom stereocenters. The van der Waals surface area contributed by atoms with Gasteiger partial charge in [0.1, 0.15) is 5.75 Å². The number of rotatable bonds is 5. The summed E-state index contributed by atoms with van der Waals surface area (Å²) >= 11 is 0. The molecule has 0 saturated carbocycles. The Morgan fingerprint density at radius 1 is 0.907 bits per heavy atom. The van der Waals surface area contributed by atoms with Crippen LogP contribution in [0, 0.1) is 0 Å². The van der Waals surface area contributed by atoms with E-state index in [1.165, 1.54) is 0 Å². The fourth-order valence-electron chi connectivity index (χ4n) is 5.51. The van der Waals surface area contributed by atoms with Crippen molar-refractivity contribution in [1.82, 2.24) is 19.8 Å². The van der Waals surface area contributed by atoms with Gasteiger partial charge in [0.2, 0.25) is 5.60 Å². The van der Waals surface area contributed by atoms with Crippen LogP contribution in [0.2, 0.25) is 0 Å². The Morgan fingerprint density at radius 3 is 2.30 bits per heavy atom. The highest BCUT2D eigenvalue weighted by Gasteiger charge is 2.50. The molecule has 2 saturated heterocycles. The fourth-order valence-corrected chi connectivity index (χ4v) is 5.51. The van der Waals surface area contributed by atoms with Crippen molar-refractivity contribution in [1.29, 1.82) is 0 Å². The summed E-state index contributed by atoms with van der Waals surface area (Å²) in [5.41, 5.74) is -3.69. The van der Waals surface area contributed by atoms with Gasteiger partial charge in [-0.2, -0.15) is 26.3 Å². The summed E-state index contributed by atoms with van der Waals surface area (Å²) in [7, 11) is 0. The number of ether oxygens (including phenoxy) is 1. The van der Waals surface area contributed by atoms with Gasteiger partial charge in [0.05, 0.1) is 23.2 Å². The SMILES string of the molecule is Cl.O=C(c1cnccc1C(F)(F)F)N1CCCC(Oc2ccc(C(F)(F)F)cc2)(C(=O)N2CCC(c3ccccn3)C2)C1. The number of benzene rings is 1. The van der Waals surface area contributed by atoms with Crippen molar-refractivity contribution in [2.24, 2.45) is 0 Å². The predicted molar refractivity (Wildman–Crippen MR) is 145 cm³/mol. The van der Waals surface area contributed by atoms with Gasteiger partial charge in [-0.15, -0.1) is 12.4 Å². The minimum Gasteiger partial charge on any atom is -0.476 e. The number of hydrogen-bond donors (Lipinski definition) is 0. The van der Waals surface area contributed by atoms with Crippen molar-refractivity contribution in [3.05, 3.63) is 89.5 Å². The molecule has 0 radical (unpaired) electrons. The van der Waals surface area contributed by atoms with E-state index < -0.39 is 53.0 Å². The zero-order valence-electron chi connectivity index (χ0n) is 22.6. The second-order valence-electron chi connectivity index (χ2n) is 10.4. The Balaban J connectivity index is 0.00000423. The van der Waals surface area contributed by atoms with Crippen molar-refractivity contribution in [3.63, 3.8) is 0 Å². The second-order valence-corrected chi connectivity index (χ2v) is 10.4. The zero-order valence-corrected chi connectivity index (χ0v) is 23.4. The molecule has 1 aromatic carbocycles. The van der Waals surface area contributed by atoms with Gasteiger partial charge >= 0.3 is 12.4 Å². The van der Waals surface area contributed by atoms with E-state index in [1.807, 2.05) is 12.1 Å². The first-order chi connectivity index (χ1) is 19.9. The zero-order chi connectivity index (χ0) is 30.1. The largest absolute Gasteiger partial charge is 0.476 e. The first-order valence-electron chi connectivity index (χ1n) is 13.2. The van der Waals surface area contributed by atoms with Crippen molar-refractivity contribution < 1.29 is 40.7 Å². The maximum atomic E-state index is 14.1. The van der Waals surface area contributed by atoms with Crippen LogP contribution in [0.25, 0.3) is 0 Å². The Kier molecular flexibility index (Phi) is 9.24. The lowest BCUT2D eigenvalue weighted by molar-refractivity contribution is -0.151. The average Bonchev–Trinajstić information content (AvgIpc) is 3.47. The highest BCUT2D eigenvalue weighted by atomic mass is 35.5. The van der Waals surface area contributed by atoms with Gasteiger partial charge in [0.25, 0.3) is 11.8 Å². The van der Waals surface area contributed by atoms with Crippen LogP contribution in [0.15, 0.2) is 67.1 Å². The third-order valence-electron chi connectivity index (χ3n) is 7.57. The van der Waals surface area contributed by atoms with Gasteiger partial charge in [0.15, 0.2) is 0 Å². The number of carbonyl (C=O) groups is 2. The molecule has 0 bridgehead atoms. The highest BCUT2D eigenvalue weighted by molar-refractivity contribution is 5.96. The fraction of sp³-hybridized carbons (Fsp3) is 0.379. The number of likely N-dealkylation sites (tertiary alicyclic amines) is 2. The number of piperidine rings is 1. The van der Waals surface area contributed by atoms with E-state index in [4.69, 9.17) is 4.74 Å². The summed E-state index contributed by atoms with van der Waals surface area (Å²) in [5.74, 6) is -1.58. The number of alkyl halides is 6. The van der Waals surface area contributed by atoms with E-state index in [9.17, 15) is 35.9 Å². The smallest absolute Gasteiger partial charge is 0.417 e. The normalized spacial score (nSPS) is 20.8. The summed E-state index contributed by atoms with van der Waals surface area (Å²) in [6, 6.07) is 9.96. The Hall–Kier alpha value is -3.87. The lowest BCUT2D eigenvalue weighted by Crippen LogP contribution is -2.62. The van der Waals surface area contributed by atoms with Crippen molar-refractivity contribution in [3.8, 4) is 5.75 Å². The third-order valence-corrected chi connectivity index (χ3v) is 7.57. The quantitative estimate of drug-likeness (QED) is 0.324. The van der Waals surface area contributed by atoms with E-state index in [1.54, 1.807) is 17.2 Å². The summed E-state index contributed by atoms with van der Waals surface area (Å²) in [6.45, 7) is 0.283. The van der Waals surface area contributed by atoms with E-state index in [0.717, 1.165) is 47.3 Å². The van der Waals surface area contributed by atoms with Gasteiger partial charge in [0, 0.05) is 49.8 Å². The molecular weight excluding hydrogens is 602 g/mol. The predicted octanol–water partition coefficient (Wildman–Crippen LogP) is 6.01. The first kappa shape index (κ1) is 32.1. The maximum absolute atomic E-state index is 14.1. The number of hydrogen-bond acceptors (Lipinski definition) is 5. The number of aromatic nitrogens is 2. The third kappa shape index (κ3) is 6.87. The minimum absolute atomic E-state index is 0. The van der Waals surface area contributed by atoms with Crippen molar-refractivity contribution in [2.45, 2.75) is 43.1 Å². The Labute approximate surface area is 249 Å². The summed E-state index contributed by atoms with van der Waals surface area (Å²) in [6.07, 6.45) is -5.09. The van der Waals surface area contributed by atoms with Crippen LogP contribution in [-0.2, 0) is 17.1 Å². The molecule has 2 aromatic heterocycles. The second kappa shape index (κ2) is 12.4. The van der Waals surface area contributed by atoms with Crippen LogP contribution in [0.3, 0.4) is 0 Å². The molecule has 2 aliphatic heterocycles. The number of halogens is 7. The molecule has 3 aromatic rings. The van der Waals surface area contributed by atoms with E-state index >= 15 is 0 Å². The van der Waals surface area contributed by atoms with Gasteiger partial charge in [-0.05, 0) is 61.7 Å². The molecule has 2 unspecified atom stereocenters. The van der Waals surface area contributed by atoms with E-state index in [2.05, 4.69) is 9.97 Å². The molecule has 0 spiro atoms. The molecule has 5 rings (SSSR count). The molecule has 230 valence electrons. The maximum Gasteiger partial charge on any atom is 0.417 e. The van der Waals surface area contributed by atoms with Gasteiger partial charge < -0.3 is 14.5 Å². The molecule has 43 heavy (non-hydrogen) atoms. The number of nitrogens with zero attached hydrogens (tertiary/aromatic N) is 4. The van der Waals surface area contributed by atoms with Crippen LogP contribution in [-0.4, -0.2) is 63.4 Å². The van der Waals surface area contributed by atoms with Crippen LogP contribution in [0.1, 0.15) is 52.4 Å². The molecule has 4 heterocycles. The molecule has 2 aliphatic rings. The molecule has 7 nitrogen and oxygen atoms in total. The van der Waals surface area contributed by atoms with Gasteiger partial charge in [-0.3, -0.25) is 19.6 Å². The summed E-state index contributed by atoms with van der Waals surface area (Å²) in [5, 5.41) is 0. The molecule has 14 heteroatoms. The summed E-state index contributed by atoms with van der Waals surface area (Å²) in [4.78, 5) is 38.3. The lowest BCUT2D eigenvalue weighted by Gasteiger charge is -2.43. The number of carbonyl (C=O) groups excluding carboxylic acids is 2. The van der Waals surface area contributed by atoms with Crippen LogP contribution < -0.4 is 4.74 Å². The van der Waals surface area contributed by atoms with Crippen molar-refractivity contribution >= 4 is 24.2 Å². The molecule has 2 amide bonds. The number of amides is 2. The highest BCUT2D eigenvalue weighted by Crippen LogP contribution is 2.37. The van der Waals surface area contributed by atoms with Gasteiger partial charge in [-0.25, -0.2) is 0 Å². The molecule has 0 N–H and O–H groups in total. The standard InChI is InChI=1S/C29H26F6N4O3.ClH/c30-28(31,32)20-5-7-21(8-6-20)42-27(26(41)38-15-10-19(17-38)24-4-1-2-12-37-24)11-3-14-39(18-27)25(40)22-16-36-13-9-23(22)29(33,34)35;/h1-2,4-9,12-13,16,19H,3,10-11,14-15,17-18H2;1H. The Bertz CT molecular complexity index is 1440. The average molecular weight is 629 g/mol.